The van der Waals surface area contributed by atoms with Crippen molar-refractivity contribution < 1.29 is 24.1 Å². The van der Waals surface area contributed by atoms with Crippen molar-refractivity contribution in [2.75, 3.05) is 47.1 Å². The molecule has 0 radical (unpaired) electrons. The first kappa shape index (κ1) is 26.4. The molecule has 3 aromatic rings. The zero-order valence-corrected chi connectivity index (χ0v) is 20.7. The molecule has 0 aliphatic rings. The minimum Gasteiger partial charge on any atom is -0.497 e. The topological polar surface area (TPSA) is 78.2 Å². The summed E-state index contributed by atoms with van der Waals surface area (Å²) in [6, 6.07) is 17.3. The van der Waals surface area contributed by atoms with Gasteiger partial charge in [-0.2, -0.15) is 5.10 Å². The largest absolute Gasteiger partial charge is 0.497 e. The maximum Gasteiger partial charge on any atom is 0.227 e. The molecule has 0 unspecified atom stereocenters. The summed E-state index contributed by atoms with van der Waals surface area (Å²) in [4.78, 5) is 2.11. The second kappa shape index (κ2) is 13.7. The Balaban J connectivity index is 1.93. The highest BCUT2D eigenvalue weighted by atomic mass is 16.5. The third-order valence-corrected chi connectivity index (χ3v) is 5.40. The lowest BCUT2D eigenvalue weighted by atomic mass is 10.2. The Labute approximate surface area is 207 Å². The van der Waals surface area contributed by atoms with Crippen molar-refractivity contribution in [2.24, 2.45) is 0 Å². The highest BCUT2D eigenvalue weighted by Gasteiger charge is 2.23. The van der Waals surface area contributed by atoms with Crippen LogP contribution in [-0.2, 0) is 16.0 Å². The van der Waals surface area contributed by atoms with Gasteiger partial charge in [-0.1, -0.05) is 30.3 Å². The number of aliphatic hydroxyl groups is 1. The predicted octanol–water partition coefficient (Wildman–Crippen LogP) is 3.99. The number of benzene rings is 2. The minimum absolute atomic E-state index is 0.227. The Kier molecular flexibility index (Phi) is 10.3. The summed E-state index contributed by atoms with van der Waals surface area (Å²) in [7, 11) is 3.29. The van der Waals surface area contributed by atoms with Crippen LogP contribution in [0.4, 0.5) is 0 Å². The first-order chi connectivity index (χ1) is 17.0. The SMILES string of the molecule is C=CCOC[C@H](O)CN(CCOC)Cc1c(C)nn(-c2ccccc2)c1Oc1cccc(OC)c1. The van der Waals surface area contributed by atoms with E-state index in [1.54, 1.807) is 20.3 Å². The van der Waals surface area contributed by atoms with Crippen LogP contribution in [0.25, 0.3) is 5.69 Å². The zero-order valence-electron chi connectivity index (χ0n) is 20.7. The van der Waals surface area contributed by atoms with Crippen molar-refractivity contribution in [3.63, 3.8) is 0 Å². The van der Waals surface area contributed by atoms with E-state index in [1.165, 1.54) is 0 Å². The van der Waals surface area contributed by atoms with Crippen molar-refractivity contribution in [3.05, 3.63) is 78.5 Å². The lowest BCUT2D eigenvalue weighted by molar-refractivity contribution is 0.0192. The number of rotatable bonds is 15. The Morgan fingerprint density at radius 3 is 2.60 bits per heavy atom. The smallest absolute Gasteiger partial charge is 0.227 e. The number of aromatic nitrogens is 2. The molecule has 188 valence electrons. The molecule has 35 heavy (non-hydrogen) atoms. The maximum absolute atomic E-state index is 10.5. The first-order valence-corrected chi connectivity index (χ1v) is 11.6. The number of hydrogen-bond acceptors (Lipinski definition) is 7. The van der Waals surface area contributed by atoms with Crippen LogP contribution in [0.2, 0.25) is 0 Å². The summed E-state index contributed by atoms with van der Waals surface area (Å²) in [6.45, 7) is 8.31. The summed E-state index contributed by atoms with van der Waals surface area (Å²) in [6.07, 6.45) is 1.01. The van der Waals surface area contributed by atoms with Crippen LogP contribution in [-0.4, -0.2) is 73.0 Å². The van der Waals surface area contributed by atoms with E-state index >= 15 is 0 Å². The van der Waals surface area contributed by atoms with Gasteiger partial charge >= 0.3 is 0 Å². The van der Waals surface area contributed by atoms with Crippen LogP contribution in [0, 0.1) is 6.92 Å². The van der Waals surface area contributed by atoms with E-state index in [-0.39, 0.29) is 6.61 Å². The Morgan fingerprint density at radius 2 is 1.89 bits per heavy atom. The van der Waals surface area contributed by atoms with Gasteiger partial charge in [0.15, 0.2) is 0 Å². The van der Waals surface area contributed by atoms with Gasteiger partial charge in [0.2, 0.25) is 5.88 Å². The monoisotopic (exact) mass is 481 g/mol. The van der Waals surface area contributed by atoms with Crippen LogP contribution >= 0.6 is 0 Å². The minimum atomic E-state index is -0.654. The third kappa shape index (κ3) is 7.66. The fraction of sp³-hybridized carbons (Fsp3) is 0.370. The first-order valence-electron chi connectivity index (χ1n) is 11.6. The number of hydrogen-bond donors (Lipinski definition) is 1. The highest BCUT2D eigenvalue weighted by Crippen LogP contribution is 2.33. The standard InChI is InChI=1S/C27H35N3O5/c1-5-15-34-20-23(31)18-29(14-16-32-3)19-26-21(2)28-30(22-10-7-6-8-11-22)27(26)35-25-13-9-12-24(17-25)33-4/h5-13,17,23,31H,1,14-16,18-20H2,2-4H3/t23-/m1/s1. The fourth-order valence-electron chi connectivity index (χ4n) is 3.66. The lowest BCUT2D eigenvalue weighted by Gasteiger charge is -2.25. The second-order valence-electron chi connectivity index (χ2n) is 8.11. The molecule has 0 aliphatic heterocycles. The number of aliphatic hydroxyl groups excluding tert-OH is 1. The van der Waals surface area contributed by atoms with Gasteiger partial charge in [0.25, 0.3) is 0 Å². The summed E-state index contributed by atoms with van der Waals surface area (Å²) in [5.74, 6) is 1.96. The number of aryl methyl sites for hydroxylation is 1. The van der Waals surface area contributed by atoms with Gasteiger partial charge in [0, 0.05) is 32.8 Å². The summed E-state index contributed by atoms with van der Waals surface area (Å²) in [5, 5.41) is 15.3. The van der Waals surface area contributed by atoms with Gasteiger partial charge in [0.05, 0.1) is 50.0 Å². The molecule has 1 heterocycles. The molecule has 1 atom stereocenters. The molecule has 0 amide bonds. The van der Waals surface area contributed by atoms with Crippen molar-refractivity contribution >= 4 is 0 Å². The molecule has 0 bridgehead atoms. The molecule has 1 aromatic heterocycles. The van der Waals surface area contributed by atoms with Crippen LogP contribution in [0.1, 0.15) is 11.3 Å². The number of methoxy groups -OCH3 is 2. The van der Waals surface area contributed by atoms with Gasteiger partial charge in [-0.15, -0.1) is 6.58 Å². The zero-order chi connectivity index (χ0) is 25.0. The molecule has 0 saturated heterocycles. The third-order valence-electron chi connectivity index (χ3n) is 5.40. The van der Waals surface area contributed by atoms with Gasteiger partial charge in [-0.25, -0.2) is 4.68 Å². The molecule has 0 aliphatic carbocycles. The van der Waals surface area contributed by atoms with Crippen molar-refractivity contribution in [3.8, 4) is 23.1 Å². The summed E-state index contributed by atoms with van der Waals surface area (Å²) >= 11 is 0. The molecule has 0 fully saturated rings. The van der Waals surface area contributed by atoms with E-state index in [9.17, 15) is 5.11 Å². The van der Waals surface area contributed by atoms with Crippen molar-refractivity contribution in [2.45, 2.75) is 19.6 Å². The number of ether oxygens (including phenoxy) is 4. The molecule has 0 saturated carbocycles. The van der Waals surface area contributed by atoms with Crippen LogP contribution in [0.5, 0.6) is 17.4 Å². The van der Waals surface area contributed by atoms with E-state index in [1.807, 2.05) is 66.2 Å². The van der Waals surface area contributed by atoms with Crippen LogP contribution < -0.4 is 9.47 Å². The van der Waals surface area contributed by atoms with E-state index in [4.69, 9.17) is 24.0 Å². The van der Waals surface area contributed by atoms with Gasteiger partial charge < -0.3 is 24.1 Å². The number of para-hydroxylation sites is 1. The van der Waals surface area contributed by atoms with Crippen molar-refractivity contribution in [1.29, 1.82) is 0 Å². The Bertz CT molecular complexity index is 1050. The van der Waals surface area contributed by atoms with Crippen molar-refractivity contribution in [1.82, 2.24) is 14.7 Å². The summed E-state index contributed by atoms with van der Waals surface area (Å²) < 4.78 is 24.3. The molecule has 2 aromatic carbocycles. The molecule has 0 spiro atoms. The van der Waals surface area contributed by atoms with Crippen LogP contribution in [0.3, 0.4) is 0 Å². The van der Waals surface area contributed by atoms with Gasteiger partial charge in [0.1, 0.15) is 11.5 Å². The van der Waals surface area contributed by atoms with Gasteiger partial charge in [-0.3, -0.25) is 4.90 Å². The molecule has 8 nitrogen and oxygen atoms in total. The molecular formula is C27H35N3O5. The summed E-state index contributed by atoms with van der Waals surface area (Å²) in [5.41, 5.74) is 2.65. The average molecular weight is 482 g/mol. The Morgan fingerprint density at radius 1 is 1.11 bits per heavy atom. The average Bonchev–Trinajstić information content (AvgIpc) is 3.18. The quantitative estimate of drug-likeness (QED) is 0.260. The van der Waals surface area contributed by atoms with E-state index in [2.05, 4.69) is 11.5 Å². The normalized spacial score (nSPS) is 12.0. The fourth-order valence-corrected chi connectivity index (χ4v) is 3.66. The maximum atomic E-state index is 10.5. The van der Waals surface area contributed by atoms with Gasteiger partial charge in [-0.05, 0) is 31.2 Å². The molecule has 8 heteroatoms. The second-order valence-corrected chi connectivity index (χ2v) is 8.11. The predicted molar refractivity (Wildman–Crippen MR) is 136 cm³/mol. The van der Waals surface area contributed by atoms with E-state index in [0.29, 0.717) is 50.2 Å². The Hall–Kier alpha value is -3.17. The van der Waals surface area contributed by atoms with E-state index in [0.717, 1.165) is 16.9 Å². The lowest BCUT2D eigenvalue weighted by Crippen LogP contribution is -2.36. The highest BCUT2D eigenvalue weighted by molar-refractivity contribution is 5.44. The van der Waals surface area contributed by atoms with Crippen LogP contribution in [0.15, 0.2) is 67.3 Å². The molecular weight excluding hydrogens is 446 g/mol. The molecule has 1 N–H and O–H groups in total. The molecule has 3 rings (SSSR count). The number of nitrogens with zero attached hydrogens (tertiary/aromatic N) is 3. The van der Waals surface area contributed by atoms with E-state index < -0.39 is 6.10 Å².